The Morgan fingerprint density at radius 2 is 1.24 bits per heavy atom. The molecule has 62 heavy (non-hydrogen) atoms. The van der Waals surface area contributed by atoms with Crippen LogP contribution in [0.4, 0.5) is 37.7 Å². The number of carbonyl (C=O) groups is 2. The van der Waals surface area contributed by atoms with Crippen LogP contribution in [0, 0.1) is 0 Å². The number of benzene rings is 4. The number of thiophene rings is 2. The smallest absolute Gasteiger partial charge is 0.426 e. The maximum atomic E-state index is 13.6. The van der Waals surface area contributed by atoms with E-state index in [9.17, 15) is 41.0 Å². The molecule has 0 bridgehead atoms. The van der Waals surface area contributed by atoms with E-state index in [4.69, 9.17) is 9.47 Å². The molecule has 326 valence electrons. The maximum absolute atomic E-state index is 13.6. The van der Waals surface area contributed by atoms with Gasteiger partial charge in [0.1, 0.15) is 34.5 Å². The number of hydrogen-bond donors (Lipinski definition) is 2. The summed E-state index contributed by atoms with van der Waals surface area (Å²) in [5, 5.41) is 13.0. The van der Waals surface area contributed by atoms with E-state index < -0.39 is 46.5 Å². The maximum Gasteiger partial charge on any atom is 0.426 e. The van der Waals surface area contributed by atoms with E-state index >= 15 is 0 Å². The Hall–Kier alpha value is -5.55. The summed E-state index contributed by atoms with van der Waals surface area (Å²) in [6.07, 6.45) is -9.31. The summed E-state index contributed by atoms with van der Waals surface area (Å²) < 4.78 is 97.0. The van der Waals surface area contributed by atoms with Crippen LogP contribution in [0.3, 0.4) is 0 Å². The molecule has 2 aromatic heterocycles. The number of halogens is 7. The first-order chi connectivity index (χ1) is 29.2. The number of esters is 1. The first-order valence-corrected chi connectivity index (χ1v) is 20.6. The van der Waals surface area contributed by atoms with Crippen molar-refractivity contribution in [3.63, 3.8) is 0 Å². The van der Waals surface area contributed by atoms with Crippen molar-refractivity contribution in [2.45, 2.75) is 50.9 Å². The number of aliphatic hydroxyl groups excluding tert-OH is 1. The number of ether oxygens (including phenoxy) is 3. The number of alkyl halides is 6. The van der Waals surface area contributed by atoms with E-state index in [-0.39, 0.29) is 36.7 Å². The number of nitrogens with zero attached hydrogens (tertiary/aromatic N) is 1. The first-order valence-electron chi connectivity index (χ1n) is 19.0. The summed E-state index contributed by atoms with van der Waals surface area (Å²) >= 11 is 1.40. The normalized spacial score (nSPS) is 13.5. The summed E-state index contributed by atoms with van der Waals surface area (Å²) in [4.78, 5) is 25.1. The number of rotatable bonds is 11. The van der Waals surface area contributed by atoms with Gasteiger partial charge in [-0.25, -0.2) is 4.79 Å². The molecule has 17 heteroatoms. The highest BCUT2D eigenvalue weighted by molar-refractivity contribution is 7.13. The van der Waals surface area contributed by atoms with Gasteiger partial charge >= 0.3 is 18.3 Å². The fourth-order valence-electron chi connectivity index (χ4n) is 7.01. The van der Waals surface area contributed by atoms with Crippen LogP contribution in [0.1, 0.15) is 37.1 Å². The van der Waals surface area contributed by atoms with Gasteiger partial charge in [-0.3, -0.25) is 4.79 Å². The van der Waals surface area contributed by atoms with Gasteiger partial charge in [-0.1, -0.05) is 60.7 Å². The number of nitrogens with one attached hydrogen (secondary N) is 1. The number of methoxy groups -OCH3 is 1. The number of aliphatic hydroxyl groups is 1. The van der Waals surface area contributed by atoms with Gasteiger partial charge in [0.2, 0.25) is 5.91 Å². The van der Waals surface area contributed by atoms with Crippen LogP contribution in [-0.4, -0.2) is 43.3 Å². The summed E-state index contributed by atoms with van der Waals surface area (Å²) in [7, 11) is 1.13. The molecule has 0 saturated heterocycles. The van der Waals surface area contributed by atoms with E-state index in [0.717, 1.165) is 42.7 Å². The van der Waals surface area contributed by atoms with Crippen molar-refractivity contribution in [1.82, 2.24) is 0 Å². The van der Waals surface area contributed by atoms with Crippen molar-refractivity contribution in [2.24, 2.45) is 0 Å². The van der Waals surface area contributed by atoms with Crippen LogP contribution >= 0.6 is 35.1 Å². The Bertz CT molecular complexity index is 2490. The Labute approximate surface area is 367 Å². The van der Waals surface area contributed by atoms with Gasteiger partial charge in [-0.05, 0) is 83.6 Å². The van der Waals surface area contributed by atoms with E-state index in [0.29, 0.717) is 62.4 Å². The van der Waals surface area contributed by atoms with Crippen molar-refractivity contribution >= 4 is 58.3 Å². The Balaban J connectivity index is 0.000000212. The zero-order valence-electron chi connectivity index (χ0n) is 32.8. The molecule has 0 spiro atoms. The molecule has 8 nitrogen and oxygen atoms in total. The lowest BCUT2D eigenvalue weighted by Gasteiger charge is -2.19. The molecule has 4 aromatic carbocycles. The monoisotopic (exact) mass is 916 g/mol. The number of fused-ring (bicyclic) bond motifs is 2. The molecule has 2 N–H and O–H groups in total. The van der Waals surface area contributed by atoms with Crippen molar-refractivity contribution in [3.05, 3.63) is 140 Å². The van der Waals surface area contributed by atoms with Crippen molar-refractivity contribution in [2.75, 3.05) is 30.4 Å². The fourth-order valence-corrected chi connectivity index (χ4v) is 8.93. The highest BCUT2D eigenvalue weighted by Crippen LogP contribution is 2.44. The lowest BCUT2D eigenvalue weighted by Crippen LogP contribution is -2.34. The quantitative estimate of drug-likeness (QED) is 0.0987. The van der Waals surface area contributed by atoms with Crippen LogP contribution in [-0.2, 0) is 52.7 Å². The molecule has 0 radical (unpaired) electrons. The molecule has 0 fully saturated rings. The van der Waals surface area contributed by atoms with E-state index in [1.165, 1.54) is 16.5 Å². The predicted molar refractivity (Wildman–Crippen MR) is 229 cm³/mol. The van der Waals surface area contributed by atoms with Crippen LogP contribution in [0.5, 0.6) is 11.5 Å². The second kappa shape index (κ2) is 19.7. The summed E-state index contributed by atoms with van der Waals surface area (Å²) in [5.41, 5.74) is 5.12. The molecule has 2 aliphatic heterocycles. The molecule has 2 aliphatic rings. The summed E-state index contributed by atoms with van der Waals surface area (Å²) in [6.45, 7) is 1.37. The third-order valence-electron chi connectivity index (χ3n) is 9.89. The molecule has 6 aromatic rings. The number of carbonyl (C=O) groups excluding carboxylic acids is 2. The molecular formula is C45H39ClF6N2O6S2. The third-order valence-corrected chi connectivity index (χ3v) is 12.2. The number of anilines is 2. The van der Waals surface area contributed by atoms with E-state index in [1.54, 1.807) is 84.9 Å². The van der Waals surface area contributed by atoms with Gasteiger partial charge in [-0.15, -0.1) is 35.1 Å². The highest BCUT2D eigenvalue weighted by Gasteiger charge is 2.37. The molecule has 0 aliphatic carbocycles. The lowest BCUT2D eigenvalue weighted by atomic mass is 10.1. The molecule has 0 saturated carbocycles. The molecule has 8 rings (SSSR count). The lowest BCUT2D eigenvalue weighted by molar-refractivity contribution is -0.152. The average molecular weight is 917 g/mol. The third kappa shape index (κ3) is 10.9. The van der Waals surface area contributed by atoms with Gasteiger partial charge in [0, 0.05) is 45.3 Å². The minimum absolute atomic E-state index is 0. The molecule has 1 atom stereocenters. The molecule has 4 heterocycles. The Kier molecular flexibility index (Phi) is 14.6. The van der Waals surface area contributed by atoms with Gasteiger partial charge in [0.25, 0.3) is 0 Å². The molecular weight excluding hydrogens is 878 g/mol. The fraction of sp³-hybridized carbons (Fsp3) is 0.244. The van der Waals surface area contributed by atoms with Crippen molar-refractivity contribution in [3.8, 4) is 33.8 Å². The van der Waals surface area contributed by atoms with Crippen molar-refractivity contribution in [1.29, 1.82) is 0 Å². The Morgan fingerprint density at radius 3 is 1.76 bits per heavy atom. The minimum Gasteiger partial charge on any atom is -0.488 e. The first kappa shape index (κ1) is 46.0. The minimum atomic E-state index is -4.47. The van der Waals surface area contributed by atoms with Crippen LogP contribution < -0.4 is 19.7 Å². The highest BCUT2D eigenvalue weighted by atomic mass is 35.5. The second-order valence-corrected chi connectivity index (χ2v) is 16.3. The standard InChI is InChI=1S/C25H22F3NO5S.C20H16F3NOS.ClH/c1-33-24(32)21(30)13-22(31)29-10-9-16-11-17(7-8-20(16)29)34-14-18-12-19(15-5-3-2-4-6-15)23(35-18)25(26,27)28;21-20(22,23)19-17(13-4-2-1-3-5-13)11-16(26-19)12-25-15-6-7-18-14(10-15)8-9-24-18;/h2-8,11-12,21,30H,9-10,13-14H2,1H3;1-7,10-11,24H,8-9,12H2;1H/t21-;;/m0../s1. The zero-order valence-corrected chi connectivity index (χ0v) is 35.3. The van der Waals surface area contributed by atoms with Gasteiger partial charge < -0.3 is 29.5 Å². The second-order valence-electron chi connectivity index (χ2n) is 14.0. The SMILES string of the molecule is COC(=O)[C@@H](O)CC(=O)N1CCc2cc(OCc3cc(-c4ccccc4)c(C(F)(F)F)s3)ccc21.Cl.FC(F)(F)c1sc(COc2ccc3c(c2)CCN3)cc1-c1ccccc1. The van der Waals surface area contributed by atoms with Crippen LogP contribution in [0.2, 0.25) is 0 Å². The zero-order chi connectivity index (χ0) is 43.3. The summed E-state index contributed by atoms with van der Waals surface area (Å²) in [5.74, 6) is -0.146. The van der Waals surface area contributed by atoms with Crippen LogP contribution in [0.15, 0.2) is 109 Å². The largest absolute Gasteiger partial charge is 0.488 e. The van der Waals surface area contributed by atoms with Gasteiger partial charge in [0.15, 0.2) is 6.10 Å². The van der Waals surface area contributed by atoms with E-state index in [1.807, 2.05) is 18.2 Å². The van der Waals surface area contributed by atoms with Gasteiger partial charge in [-0.2, -0.15) is 26.3 Å². The summed E-state index contributed by atoms with van der Waals surface area (Å²) in [6, 6.07) is 30.9. The Morgan fingerprint density at radius 1 is 0.726 bits per heavy atom. The van der Waals surface area contributed by atoms with Gasteiger partial charge in [0.05, 0.1) is 13.5 Å². The predicted octanol–water partition coefficient (Wildman–Crippen LogP) is 11.2. The van der Waals surface area contributed by atoms with Crippen molar-refractivity contribution < 1.29 is 55.2 Å². The van der Waals surface area contributed by atoms with Crippen LogP contribution in [0.25, 0.3) is 22.3 Å². The molecule has 1 amide bonds. The number of hydrogen-bond acceptors (Lipinski definition) is 9. The average Bonchev–Trinajstić information content (AvgIpc) is 4.08. The topological polar surface area (TPSA) is 97.3 Å². The van der Waals surface area contributed by atoms with E-state index in [2.05, 4.69) is 10.1 Å². The molecule has 0 unspecified atom stereocenters. The number of amides is 1.